The quantitative estimate of drug-likeness (QED) is 0.702. The van der Waals surface area contributed by atoms with Gasteiger partial charge in [0.1, 0.15) is 0 Å². The molecule has 2 N–H and O–H groups in total. The van der Waals surface area contributed by atoms with Crippen LogP contribution in [0.1, 0.15) is 32.6 Å². The molecule has 0 heterocycles. The number of aliphatic hydroxyl groups is 2. The van der Waals surface area contributed by atoms with Crippen LogP contribution in [0.4, 0.5) is 0 Å². The summed E-state index contributed by atoms with van der Waals surface area (Å²) < 4.78 is 0. The maximum absolute atomic E-state index is 9.55. The van der Waals surface area contributed by atoms with Gasteiger partial charge in [0.15, 0.2) is 0 Å². The van der Waals surface area contributed by atoms with Crippen molar-refractivity contribution in [1.29, 1.82) is 0 Å². The van der Waals surface area contributed by atoms with Crippen LogP contribution in [-0.4, -0.2) is 22.4 Å². The highest BCUT2D eigenvalue weighted by molar-refractivity contribution is 5.85. The summed E-state index contributed by atoms with van der Waals surface area (Å²) in [5.74, 6) is 0.729. The van der Waals surface area contributed by atoms with Crippen LogP contribution in [0.3, 0.4) is 0 Å². The molecule has 0 aromatic carbocycles. The summed E-state index contributed by atoms with van der Waals surface area (Å²) in [7, 11) is 0. The minimum absolute atomic E-state index is 0. The van der Waals surface area contributed by atoms with E-state index in [0.717, 1.165) is 31.6 Å². The van der Waals surface area contributed by atoms with Gasteiger partial charge in [0.2, 0.25) is 0 Å². The van der Waals surface area contributed by atoms with Gasteiger partial charge >= 0.3 is 0 Å². The molecule has 0 spiro atoms. The van der Waals surface area contributed by atoms with E-state index < -0.39 is 5.60 Å². The second-order valence-electron chi connectivity index (χ2n) is 3.56. The molecule has 0 saturated heterocycles. The van der Waals surface area contributed by atoms with E-state index in [-0.39, 0.29) is 31.4 Å². The highest BCUT2D eigenvalue weighted by Gasteiger charge is 2.30. The Balaban J connectivity index is 0. The van der Waals surface area contributed by atoms with Gasteiger partial charge in [-0.05, 0) is 31.6 Å². The summed E-state index contributed by atoms with van der Waals surface area (Å²) in [5, 5.41) is 18.3. The Labute approximate surface area is 86.2 Å². The minimum atomic E-state index is -0.744. The normalized spacial score (nSPS) is 34.8. The molecule has 0 aromatic rings. The van der Waals surface area contributed by atoms with Crippen molar-refractivity contribution in [3.8, 4) is 0 Å². The number of hydrogen-bond donors (Lipinski definition) is 2. The van der Waals surface area contributed by atoms with Crippen molar-refractivity contribution < 1.29 is 10.2 Å². The molecule has 0 aliphatic heterocycles. The summed E-state index contributed by atoms with van der Waals surface area (Å²) in [4.78, 5) is 0. The minimum Gasteiger partial charge on any atom is -0.393 e. The molecule has 4 heteroatoms. The van der Waals surface area contributed by atoms with E-state index >= 15 is 0 Å². The highest BCUT2D eigenvalue weighted by Crippen LogP contribution is 2.30. The highest BCUT2D eigenvalue weighted by atomic mass is 35.5. The van der Waals surface area contributed by atoms with E-state index in [9.17, 15) is 5.11 Å². The standard InChI is InChI=1S/C8H16O2.2ClH/c1-7-2-4-8(10,6-9)5-3-7;;/h7,9-10H,2-6H2,1H3;2*1H. The van der Waals surface area contributed by atoms with Gasteiger partial charge < -0.3 is 10.2 Å². The van der Waals surface area contributed by atoms with E-state index in [0.29, 0.717) is 0 Å². The average Bonchev–Trinajstić information content (AvgIpc) is 1.96. The van der Waals surface area contributed by atoms with Crippen molar-refractivity contribution in [3.05, 3.63) is 0 Å². The number of aliphatic hydroxyl groups excluding tert-OH is 1. The Hall–Kier alpha value is 0.500. The molecule has 76 valence electrons. The fraction of sp³-hybridized carbons (Fsp3) is 1.00. The first-order valence-corrected chi connectivity index (χ1v) is 3.99. The van der Waals surface area contributed by atoms with Crippen LogP contribution in [0.25, 0.3) is 0 Å². The fourth-order valence-corrected chi connectivity index (χ4v) is 1.46. The molecule has 2 nitrogen and oxygen atoms in total. The zero-order chi connectivity index (χ0) is 7.61. The molecule has 1 aliphatic carbocycles. The smallest absolute Gasteiger partial charge is 0.0877 e. The van der Waals surface area contributed by atoms with Crippen LogP contribution in [0, 0.1) is 5.92 Å². The van der Waals surface area contributed by atoms with Crippen LogP contribution in [-0.2, 0) is 0 Å². The Kier molecular flexibility index (Phi) is 7.54. The van der Waals surface area contributed by atoms with Gasteiger partial charge in [0.05, 0.1) is 12.2 Å². The first-order chi connectivity index (χ1) is 4.66. The monoisotopic (exact) mass is 216 g/mol. The second-order valence-corrected chi connectivity index (χ2v) is 3.56. The van der Waals surface area contributed by atoms with Crippen molar-refractivity contribution in [2.75, 3.05) is 6.61 Å². The van der Waals surface area contributed by atoms with Crippen LogP contribution in [0.5, 0.6) is 0 Å². The summed E-state index contributed by atoms with van der Waals surface area (Å²) in [6.45, 7) is 2.12. The van der Waals surface area contributed by atoms with Gasteiger partial charge in [-0.25, -0.2) is 0 Å². The van der Waals surface area contributed by atoms with Crippen molar-refractivity contribution in [2.24, 2.45) is 5.92 Å². The average molecular weight is 217 g/mol. The number of hydrogen-bond acceptors (Lipinski definition) is 2. The lowest BCUT2D eigenvalue weighted by atomic mass is 9.80. The summed E-state index contributed by atoms with van der Waals surface area (Å²) in [5.41, 5.74) is -0.744. The Morgan fingerprint density at radius 3 is 2.00 bits per heavy atom. The maximum Gasteiger partial charge on any atom is 0.0877 e. The molecule has 1 rings (SSSR count). The first kappa shape index (κ1) is 15.0. The van der Waals surface area contributed by atoms with E-state index in [4.69, 9.17) is 5.11 Å². The van der Waals surface area contributed by atoms with Crippen LogP contribution >= 0.6 is 24.8 Å². The Morgan fingerprint density at radius 1 is 1.25 bits per heavy atom. The largest absolute Gasteiger partial charge is 0.393 e. The van der Waals surface area contributed by atoms with Crippen molar-refractivity contribution in [2.45, 2.75) is 38.2 Å². The fourth-order valence-electron chi connectivity index (χ4n) is 1.46. The third-order valence-corrected chi connectivity index (χ3v) is 2.50. The SMILES string of the molecule is CC1CCC(O)(CO)CC1.Cl.Cl. The van der Waals surface area contributed by atoms with E-state index in [1.54, 1.807) is 0 Å². The molecule has 0 unspecified atom stereocenters. The number of halogens is 2. The predicted molar refractivity (Wildman–Crippen MR) is 54.2 cm³/mol. The zero-order valence-electron chi connectivity index (χ0n) is 7.32. The second kappa shape index (κ2) is 6.03. The molecule has 0 radical (unpaired) electrons. The van der Waals surface area contributed by atoms with Gasteiger partial charge in [-0.15, -0.1) is 24.8 Å². The van der Waals surface area contributed by atoms with Gasteiger partial charge in [-0.3, -0.25) is 0 Å². The third-order valence-electron chi connectivity index (χ3n) is 2.50. The van der Waals surface area contributed by atoms with Crippen molar-refractivity contribution in [1.82, 2.24) is 0 Å². The zero-order valence-corrected chi connectivity index (χ0v) is 8.96. The van der Waals surface area contributed by atoms with E-state index in [1.165, 1.54) is 0 Å². The molecule has 1 fully saturated rings. The molecule has 0 atom stereocenters. The van der Waals surface area contributed by atoms with Gasteiger partial charge in [0, 0.05) is 0 Å². The summed E-state index contributed by atoms with van der Waals surface area (Å²) >= 11 is 0. The van der Waals surface area contributed by atoms with E-state index in [2.05, 4.69) is 6.92 Å². The molecular formula is C8H18Cl2O2. The lowest BCUT2D eigenvalue weighted by molar-refractivity contribution is -0.0501. The van der Waals surface area contributed by atoms with E-state index in [1.807, 2.05) is 0 Å². The molecule has 1 saturated carbocycles. The van der Waals surface area contributed by atoms with Gasteiger partial charge in [0.25, 0.3) is 0 Å². The topological polar surface area (TPSA) is 40.5 Å². The molecule has 12 heavy (non-hydrogen) atoms. The van der Waals surface area contributed by atoms with Crippen molar-refractivity contribution >= 4 is 24.8 Å². The summed E-state index contributed by atoms with van der Waals surface area (Å²) in [6.07, 6.45) is 3.64. The molecule has 1 aliphatic rings. The lowest BCUT2D eigenvalue weighted by Crippen LogP contribution is -2.37. The molecular weight excluding hydrogens is 199 g/mol. The lowest BCUT2D eigenvalue weighted by Gasteiger charge is -2.32. The van der Waals surface area contributed by atoms with Crippen molar-refractivity contribution in [3.63, 3.8) is 0 Å². The van der Waals surface area contributed by atoms with Crippen LogP contribution in [0.2, 0.25) is 0 Å². The third kappa shape index (κ3) is 3.94. The predicted octanol–water partition coefficient (Wildman–Crippen LogP) is 1.76. The molecule has 0 aromatic heterocycles. The Morgan fingerprint density at radius 2 is 1.67 bits per heavy atom. The van der Waals surface area contributed by atoms with Gasteiger partial charge in [-0.1, -0.05) is 6.92 Å². The first-order valence-electron chi connectivity index (χ1n) is 3.99. The maximum atomic E-state index is 9.55. The van der Waals surface area contributed by atoms with Crippen LogP contribution < -0.4 is 0 Å². The van der Waals surface area contributed by atoms with Gasteiger partial charge in [-0.2, -0.15) is 0 Å². The summed E-state index contributed by atoms with van der Waals surface area (Å²) in [6, 6.07) is 0. The molecule has 0 bridgehead atoms. The van der Waals surface area contributed by atoms with Crippen LogP contribution in [0.15, 0.2) is 0 Å². The molecule has 0 amide bonds. The number of rotatable bonds is 1. The Bertz CT molecular complexity index is 112.